The SMILES string of the molecule is CN(C)C(=O)c1cncc(C=O)c1OC1CC1. The maximum atomic E-state index is 11.9. The lowest BCUT2D eigenvalue weighted by molar-refractivity contribution is 0.0822. The van der Waals surface area contributed by atoms with Crippen LogP contribution in [0.25, 0.3) is 0 Å². The van der Waals surface area contributed by atoms with Crippen molar-refractivity contribution in [3.63, 3.8) is 0 Å². The molecule has 1 aliphatic carbocycles. The number of ether oxygens (including phenoxy) is 1. The Labute approximate surface area is 99.4 Å². The van der Waals surface area contributed by atoms with Crippen molar-refractivity contribution >= 4 is 12.2 Å². The van der Waals surface area contributed by atoms with Crippen LogP contribution in [0.2, 0.25) is 0 Å². The Hall–Kier alpha value is -1.91. The summed E-state index contributed by atoms with van der Waals surface area (Å²) in [6.45, 7) is 0. The first-order chi connectivity index (χ1) is 8.13. The number of aldehydes is 1. The van der Waals surface area contributed by atoms with Gasteiger partial charge in [-0.3, -0.25) is 14.6 Å². The van der Waals surface area contributed by atoms with Gasteiger partial charge in [-0.1, -0.05) is 0 Å². The van der Waals surface area contributed by atoms with E-state index in [-0.39, 0.29) is 12.0 Å². The second kappa shape index (κ2) is 4.53. The van der Waals surface area contributed by atoms with Gasteiger partial charge in [-0.05, 0) is 12.8 Å². The number of amides is 1. The first-order valence-electron chi connectivity index (χ1n) is 5.45. The zero-order valence-corrected chi connectivity index (χ0v) is 9.84. The minimum absolute atomic E-state index is 0.129. The highest BCUT2D eigenvalue weighted by atomic mass is 16.5. The Balaban J connectivity index is 2.41. The maximum absolute atomic E-state index is 11.9. The van der Waals surface area contributed by atoms with E-state index in [0.29, 0.717) is 23.2 Å². The smallest absolute Gasteiger partial charge is 0.258 e. The molecule has 0 unspecified atom stereocenters. The third-order valence-electron chi connectivity index (χ3n) is 2.50. The molecule has 1 amide bonds. The molecule has 0 atom stereocenters. The van der Waals surface area contributed by atoms with Crippen molar-refractivity contribution in [2.45, 2.75) is 18.9 Å². The van der Waals surface area contributed by atoms with Crippen molar-refractivity contribution in [2.24, 2.45) is 0 Å². The summed E-state index contributed by atoms with van der Waals surface area (Å²) in [6, 6.07) is 0. The first-order valence-corrected chi connectivity index (χ1v) is 5.45. The van der Waals surface area contributed by atoms with Gasteiger partial charge >= 0.3 is 0 Å². The lowest BCUT2D eigenvalue weighted by atomic mass is 10.1. The van der Waals surface area contributed by atoms with Crippen molar-refractivity contribution in [1.82, 2.24) is 9.88 Å². The van der Waals surface area contributed by atoms with Crippen molar-refractivity contribution in [3.05, 3.63) is 23.5 Å². The molecule has 1 aromatic heterocycles. The van der Waals surface area contributed by atoms with Crippen LogP contribution in [-0.2, 0) is 0 Å². The molecule has 1 heterocycles. The highest BCUT2D eigenvalue weighted by Gasteiger charge is 2.28. The Morgan fingerprint density at radius 3 is 2.71 bits per heavy atom. The summed E-state index contributed by atoms with van der Waals surface area (Å²) in [5, 5.41) is 0. The van der Waals surface area contributed by atoms with Crippen LogP contribution < -0.4 is 4.74 Å². The number of rotatable bonds is 4. The van der Waals surface area contributed by atoms with E-state index in [0.717, 1.165) is 12.8 Å². The summed E-state index contributed by atoms with van der Waals surface area (Å²) in [5.41, 5.74) is 0.663. The van der Waals surface area contributed by atoms with Gasteiger partial charge in [0.1, 0.15) is 11.3 Å². The molecule has 0 spiro atoms. The fourth-order valence-electron chi connectivity index (χ4n) is 1.43. The minimum atomic E-state index is -0.211. The number of nitrogens with zero attached hydrogens (tertiary/aromatic N) is 2. The molecule has 0 radical (unpaired) electrons. The van der Waals surface area contributed by atoms with Crippen molar-refractivity contribution < 1.29 is 14.3 Å². The summed E-state index contributed by atoms with van der Waals surface area (Å²) >= 11 is 0. The summed E-state index contributed by atoms with van der Waals surface area (Å²) < 4.78 is 5.63. The molecular weight excluding hydrogens is 220 g/mol. The van der Waals surface area contributed by atoms with E-state index in [1.54, 1.807) is 14.1 Å². The van der Waals surface area contributed by atoms with Crippen LogP contribution in [0, 0.1) is 0 Å². The van der Waals surface area contributed by atoms with Crippen molar-refractivity contribution in [3.8, 4) is 5.75 Å². The maximum Gasteiger partial charge on any atom is 0.258 e. The molecule has 0 bridgehead atoms. The Kier molecular flexibility index (Phi) is 3.08. The number of carbonyl (C=O) groups excluding carboxylic acids is 2. The molecule has 17 heavy (non-hydrogen) atoms. The molecule has 1 saturated carbocycles. The van der Waals surface area contributed by atoms with Gasteiger partial charge in [0.15, 0.2) is 6.29 Å². The van der Waals surface area contributed by atoms with E-state index >= 15 is 0 Å². The monoisotopic (exact) mass is 234 g/mol. The molecule has 5 nitrogen and oxygen atoms in total. The topological polar surface area (TPSA) is 59.5 Å². The quantitative estimate of drug-likeness (QED) is 0.733. The third kappa shape index (κ3) is 2.43. The number of pyridine rings is 1. The molecule has 0 aromatic carbocycles. The molecule has 1 fully saturated rings. The van der Waals surface area contributed by atoms with Crippen LogP contribution in [0.15, 0.2) is 12.4 Å². The van der Waals surface area contributed by atoms with Crippen molar-refractivity contribution in [2.75, 3.05) is 14.1 Å². The Morgan fingerprint density at radius 2 is 2.18 bits per heavy atom. The third-order valence-corrected chi connectivity index (χ3v) is 2.50. The number of aromatic nitrogens is 1. The molecule has 0 saturated heterocycles. The number of hydrogen-bond donors (Lipinski definition) is 0. The van der Waals surface area contributed by atoms with E-state index in [1.165, 1.54) is 17.3 Å². The lowest BCUT2D eigenvalue weighted by Gasteiger charge is -2.15. The van der Waals surface area contributed by atoms with Crippen LogP contribution >= 0.6 is 0 Å². The molecule has 1 aromatic rings. The van der Waals surface area contributed by atoms with Crippen LogP contribution in [0.1, 0.15) is 33.6 Å². The molecule has 0 N–H and O–H groups in total. The van der Waals surface area contributed by atoms with E-state index in [4.69, 9.17) is 4.74 Å². The van der Waals surface area contributed by atoms with Gasteiger partial charge in [-0.15, -0.1) is 0 Å². The van der Waals surface area contributed by atoms with Crippen LogP contribution in [0.3, 0.4) is 0 Å². The predicted molar refractivity (Wildman–Crippen MR) is 61.3 cm³/mol. The molecule has 1 aliphatic rings. The largest absolute Gasteiger partial charge is 0.489 e. The van der Waals surface area contributed by atoms with E-state index in [2.05, 4.69) is 4.98 Å². The van der Waals surface area contributed by atoms with Gasteiger partial charge in [0.25, 0.3) is 5.91 Å². The van der Waals surface area contributed by atoms with E-state index < -0.39 is 0 Å². The highest BCUT2D eigenvalue weighted by Crippen LogP contribution is 2.31. The van der Waals surface area contributed by atoms with Gasteiger partial charge in [0.05, 0.1) is 11.7 Å². The fourth-order valence-corrected chi connectivity index (χ4v) is 1.43. The normalized spacial score (nSPS) is 14.2. The summed E-state index contributed by atoms with van der Waals surface area (Å²) in [6.07, 6.45) is 5.58. The van der Waals surface area contributed by atoms with Crippen LogP contribution in [0.4, 0.5) is 0 Å². The Morgan fingerprint density at radius 1 is 1.47 bits per heavy atom. The molecular formula is C12H14N2O3. The summed E-state index contributed by atoms with van der Waals surface area (Å²) in [7, 11) is 3.30. The van der Waals surface area contributed by atoms with E-state index in [1.807, 2.05) is 0 Å². The second-order valence-corrected chi connectivity index (χ2v) is 4.24. The average Bonchev–Trinajstić information content (AvgIpc) is 3.12. The average molecular weight is 234 g/mol. The van der Waals surface area contributed by atoms with Crippen LogP contribution in [0.5, 0.6) is 5.75 Å². The summed E-state index contributed by atoms with van der Waals surface area (Å²) in [5.74, 6) is 0.146. The zero-order chi connectivity index (χ0) is 12.4. The first kappa shape index (κ1) is 11.6. The molecule has 90 valence electrons. The molecule has 2 rings (SSSR count). The number of hydrogen-bond acceptors (Lipinski definition) is 4. The van der Waals surface area contributed by atoms with Gasteiger partial charge in [-0.25, -0.2) is 0 Å². The zero-order valence-electron chi connectivity index (χ0n) is 9.84. The highest BCUT2D eigenvalue weighted by molar-refractivity contribution is 5.99. The summed E-state index contributed by atoms with van der Waals surface area (Å²) in [4.78, 5) is 28.2. The predicted octanol–water partition coefficient (Wildman–Crippen LogP) is 1.14. The second-order valence-electron chi connectivity index (χ2n) is 4.24. The molecule has 5 heteroatoms. The van der Waals surface area contributed by atoms with Gasteiger partial charge in [0.2, 0.25) is 0 Å². The van der Waals surface area contributed by atoms with Gasteiger partial charge in [0, 0.05) is 26.5 Å². The van der Waals surface area contributed by atoms with E-state index in [9.17, 15) is 9.59 Å². The number of carbonyl (C=O) groups is 2. The Bertz CT molecular complexity index is 453. The minimum Gasteiger partial charge on any atom is -0.489 e. The fraction of sp³-hybridized carbons (Fsp3) is 0.417. The van der Waals surface area contributed by atoms with Gasteiger partial charge in [-0.2, -0.15) is 0 Å². The lowest BCUT2D eigenvalue weighted by Crippen LogP contribution is -2.23. The molecule has 0 aliphatic heterocycles. The van der Waals surface area contributed by atoms with Crippen molar-refractivity contribution in [1.29, 1.82) is 0 Å². The van der Waals surface area contributed by atoms with Crippen LogP contribution in [-0.4, -0.2) is 42.3 Å². The van der Waals surface area contributed by atoms with Gasteiger partial charge < -0.3 is 9.64 Å². The standard InChI is InChI=1S/C12H14N2O3/c1-14(2)12(16)10-6-13-5-8(7-15)11(10)17-9-3-4-9/h5-7,9H,3-4H2,1-2H3.